The molecule has 3 rings (SSSR count). The molecule has 30 heavy (non-hydrogen) atoms. The van der Waals surface area contributed by atoms with Gasteiger partial charge in [0.15, 0.2) is 0 Å². The summed E-state index contributed by atoms with van der Waals surface area (Å²) in [4.78, 5) is 21.4. The Hall–Kier alpha value is -3.03. The average Bonchev–Trinajstić information content (AvgIpc) is 3.27. The minimum absolute atomic E-state index is 0.0852. The molecule has 0 aromatic carbocycles. The maximum absolute atomic E-state index is 12.9. The van der Waals surface area contributed by atoms with E-state index >= 15 is 0 Å². The Labute approximate surface area is 177 Å². The first kappa shape index (κ1) is 21.7. The van der Waals surface area contributed by atoms with Crippen LogP contribution in [0.4, 0.5) is 0 Å². The number of nitrogens with one attached hydrogen (secondary N) is 1. The summed E-state index contributed by atoms with van der Waals surface area (Å²) >= 11 is 0. The molecule has 0 aliphatic carbocycles. The lowest BCUT2D eigenvalue weighted by Crippen LogP contribution is -2.33. The third-order valence-corrected chi connectivity index (χ3v) is 5.02. The van der Waals surface area contributed by atoms with Crippen LogP contribution in [0.1, 0.15) is 56.6 Å². The second kappa shape index (κ2) is 9.19. The van der Waals surface area contributed by atoms with Crippen molar-refractivity contribution in [1.29, 1.82) is 0 Å². The van der Waals surface area contributed by atoms with E-state index in [-0.39, 0.29) is 24.3 Å². The Balaban J connectivity index is 1.74. The van der Waals surface area contributed by atoms with Gasteiger partial charge in [-0.25, -0.2) is 0 Å². The number of nitrogens with zero attached hydrogens (tertiary/aromatic N) is 5. The van der Waals surface area contributed by atoms with E-state index in [0.717, 1.165) is 29.1 Å². The predicted molar refractivity (Wildman–Crippen MR) is 113 cm³/mol. The molecule has 8 heteroatoms. The van der Waals surface area contributed by atoms with Crippen molar-refractivity contribution < 1.29 is 9.32 Å². The van der Waals surface area contributed by atoms with Crippen LogP contribution in [0, 0.1) is 25.7 Å². The van der Waals surface area contributed by atoms with Crippen LogP contribution < -0.4 is 5.32 Å². The Morgan fingerprint density at radius 2 is 2.00 bits per heavy atom. The van der Waals surface area contributed by atoms with Gasteiger partial charge in [-0.15, -0.1) is 0 Å². The Bertz CT molecular complexity index is 990. The standard InChI is InChI=1S/C22H30N6O2/c1-13(2)12-28-16(6)18(15(5)26-28)10-19(29)24-20(14(3)4)22-25-21(27-30-22)17-8-7-9-23-11-17/h7-9,11,13-14,20H,10,12H2,1-6H3,(H,24,29). The average molecular weight is 411 g/mol. The normalized spacial score (nSPS) is 12.5. The maximum atomic E-state index is 12.9. The fourth-order valence-corrected chi connectivity index (χ4v) is 3.39. The van der Waals surface area contributed by atoms with E-state index in [1.54, 1.807) is 12.4 Å². The minimum Gasteiger partial charge on any atom is -0.344 e. The zero-order valence-corrected chi connectivity index (χ0v) is 18.5. The molecule has 8 nitrogen and oxygen atoms in total. The van der Waals surface area contributed by atoms with E-state index < -0.39 is 0 Å². The van der Waals surface area contributed by atoms with Gasteiger partial charge in [-0.1, -0.05) is 32.9 Å². The molecule has 1 atom stereocenters. The third kappa shape index (κ3) is 4.93. The number of amides is 1. The highest BCUT2D eigenvalue weighted by molar-refractivity contribution is 5.79. The van der Waals surface area contributed by atoms with Gasteiger partial charge >= 0.3 is 0 Å². The van der Waals surface area contributed by atoms with Crippen LogP contribution in [-0.4, -0.2) is 30.8 Å². The third-order valence-electron chi connectivity index (χ3n) is 5.02. The summed E-state index contributed by atoms with van der Waals surface area (Å²) in [5.74, 6) is 1.33. The lowest BCUT2D eigenvalue weighted by molar-refractivity contribution is -0.121. The number of aryl methyl sites for hydroxylation is 1. The molecular formula is C22H30N6O2. The smallest absolute Gasteiger partial charge is 0.249 e. The fraction of sp³-hybridized carbons (Fsp3) is 0.500. The van der Waals surface area contributed by atoms with Crippen LogP contribution in [0.15, 0.2) is 29.0 Å². The molecular weight excluding hydrogens is 380 g/mol. The van der Waals surface area contributed by atoms with Crippen LogP contribution in [0.2, 0.25) is 0 Å². The largest absolute Gasteiger partial charge is 0.344 e. The highest BCUT2D eigenvalue weighted by atomic mass is 16.5. The van der Waals surface area contributed by atoms with Crippen molar-refractivity contribution in [2.24, 2.45) is 11.8 Å². The first-order chi connectivity index (χ1) is 14.3. The van der Waals surface area contributed by atoms with Crippen LogP contribution in [-0.2, 0) is 17.8 Å². The Morgan fingerprint density at radius 3 is 2.63 bits per heavy atom. The number of hydrogen-bond donors (Lipinski definition) is 1. The summed E-state index contributed by atoms with van der Waals surface area (Å²) in [6.07, 6.45) is 3.63. The summed E-state index contributed by atoms with van der Waals surface area (Å²) in [5, 5.41) is 11.7. The zero-order chi connectivity index (χ0) is 21.8. The molecule has 0 aliphatic rings. The van der Waals surface area contributed by atoms with Crippen molar-refractivity contribution in [2.75, 3.05) is 0 Å². The lowest BCUT2D eigenvalue weighted by atomic mass is 10.0. The molecule has 0 bridgehead atoms. The number of hydrogen-bond acceptors (Lipinski definition) is 6. The second-order valence-electron chi connectivity index (χ2n) is 8.39. The molecule has 0 fully saturated rings. The molecule has 0 radical (unpaired) electrons. The quantitative estimate of drug-likeness (QED) is 0.608. The topological polar surface area (TPSA) is 98.7 Å². The highest BCUT2D eigenvalue weighted by Crippen LogP contribution is 2.24. The van der Waals surface area contributed by atoms with E-state index in [2.05, 4.69) is 39.4 Å². The number of carbonyl (C=O) groups is 1. The van der Waals surface area contributed by atoms with Crippen LogP contribution in [0.25, 0.3) is 11.4 Å². The number of pyridine rings is 1. The Kier molecular flexibility index (Phi) is 6.64. The van der Waals surface area contributed by atoms with Gasteiger partial charge in [-0.05, 0) is 37.8 Å². The van der Waals surface area contributed by atoms with E-state index in [4.69, 9.17) is 4.52 Å². The van der Waals surface area contributed by atoms with Gasteiger partial charge in [0.05, 0.1) is 12.1 Å². The first-order valence-electron chi connectivity index (χ1n) is 10.3. The lowest BCUT2D eigenvalue weighted by Gasteiger charge is -2.18. The molecule has 0 saturated carbocycles. The summed E-state index contributed by atoms with van der Waals surface area (Å²) in [6, 6.07) is 3.31. The van der Waals surface area contributed by atoms with Gasteiger partial charge in [0, 0.05) is 35.8 Å². The molecule has 1 N–H and O–H groups in total. The molecule has 0 aliphatic heterocycles. The summed E-state index contributed by atoms with van der Waals surface area (Å²) in [6.45, 7) is 13.1. The Morgan fingerprint density at radius 1 is 1.23 bits per heavy atom. The second-order valence-corrected chi connectivity index (χ2v) is 8.39. The van der Waals surface area contributed by atoms with Gasteiger partial charge in [0.1, 0.15) is 6.04 Å². The summed E-state index contributed by atoms with van der Waals surface area (Å²) < 4.78 is 7.46. The SMILES string of the molecule is Cc1nn(CC(C)C)c(C)c1CC(=O)NC(c1nc(-c2cccnc2)no1)C(C)C. The van der Waals surface area contributed by atoms with E-state index in [9.17, 15) is 4.79 Å². The molecule has 3 aromatic rings. The molecule has 160 valence electrons. The van der Waals surface area contributed by atoms with Crippen LogP contribution >= 0.6 is 0 Å². The molecule has 0 saturated heterocycles. The summed E-state index contributed by atoms with van der Waals surface area (Å²) in [7, 11) is 0. The molecule has 0 spiro atoms. The van der Waals surface area contributed by atoms with Crippen molar-refractivity contribution in [2.45, 2.75) is 60.5 Å². The van der Waals surface area contributed by atoms with E-state index in [1.807, 2.05) is 44.5 Å². The van der Waals surface area contributed by atoms with Gasteiger partial charge in [-0.2, -0.15) is 10.1 Å². The van der Waals surface area contributed by atoms with Crippen molar-refractivity contribution >= 4 is 5.91 Å². The number of rotatable bonds is 8. The zero-order valence-electron chi connectivity index (χ0n) is 18.5. The van der Waals surface area contributed by atoms with Crippen molar-refractivity contribution in [3.63, 3.8) is 0 Å². The monoisotopic (exact) mass is 410 g/mol. The van der Waals surface area contributed by atoms with Gasteiger partial charge < -0.3 is 9.84 Å². The molecule has 3 aromatic heterocycles. The predicted octanol–water partition coefficient (Wildman–Crippen LogP) is 3.66. The molecule has 3 heterocycles. The van der Waals surface area contributed by atoms with Gasteiger partial charge in [0.2, 0.25) is 17.6 Å². The number of carbonyl (C=O) groups excluding carboxylic acids is 1. The molecule has 1 amide bonds. The fourth-order valence-electron chi connectivity index (χ4n) is 3.39. The van der Waals surface area contributed by atoms with Gasteiger partial charge in [0.25, 0.3) is 0 Å². The van der Waals surface area contributed by atoms with Crippen LogP contribution in [0.5, 0.6) is 0 Å². The molecule has 1 unspecified atom stereocenters. The van der Waals surface area contributed by atoms with Gasteiger partial charge in [-0.3, -0.25) is 14.5 Å². The maximum Gasteiger partial charge on any atom is 0.249 e. The first-order valence-corrected chi connectivity index (χ1v) is 10.3. The van der Waals surface area contributed by atoms with E-state index in [1.165, 1.54) is 0 Å². The summed E-state index contributed by atoms with van der Waals surface area (Å²) in [5.41, 5.74) is 3.66. The van der Waals surface area contributed by atoms with Crippen LogP contribution in [0.3, 0.4) is 0 Å². The van der Waals surface area contributed by atoms with Crippen molar-refractivity contribution in [3.8, 4) is 11.4 Å². The van der Waals surface area contributed by atoms with Crippen molar-refractivity contribution in [3.05, 3.63) is 47.4 Å². The number of aromatic nitrogens is 5. The highest BCUT2D eigenvalue weighted by Gasteiger charge is 2.26. The minimum atomic E-state index is -0.373. The van der Waals surface area contributed by atoms with E-state index in [0.29, 0.717) is 17.6 Å². The van der Waals surface area contributed by atoms with Crippen molar-refractivity contribution in [1.82, 2.24) is 30.2 Å².